The molecule has 0 amide bonds. The number of phenols is 3. The van der Waals surface area contributed by atoms with E-state index in [4.69, 9.17) is 37.6 Å². The Balaban J connectivity index is 1.14. The number of aliphatic hydroxyl groups is 10. The Labute approximate surface area is 372 Å². The molecule has 0 spiro atoms. The molecule has 0 bridgehead atoms. The van der Waals surface area contributed by atoms with Crippen molar-refractivity contribution in [3.63, 3.8) is 0 Å². The Hall–Kier alpha value is -5.48. The average Bonchev–Trinajstić information content (AvgIpc) is 3.30. The number of ether oxygens (including phenoxy) is 7. The van der Waals surface area contributed by atoms with Crippen LogP contribution in [0.25, 0.3) is 28.4 Å². The first kappa shape index (κ1) is 48.5. The van der Waals surface area contributed by atoms with Crippen molar-refractivity contribution in [1.29, 1.82) is 0 Å². The summed E-state index contributed by atoms with van der Waals surface area (Å²) in [5.74, 6) is -2.89. The molecule has 4 heterocycles. The highest BCUT2D eigenvalue weighted by Gasteiger charge is 2.52. The van der Waals surface area contributed by atoms with Gasteiger partial charge < -0.3 is 104 Å². The lowest BCUT2D eigenvalue weighted by Crippen LogP contribution is -2.63. The number of carbonyl (C=O) groups is 1. The number of phenolic OH excluding ortho intramolecular Hbond substituents is 3. The molecule has 3 aliphatic heterocycles. The molecule has 3 aromatic carbocycles. The summed E-state index contributed by atoms with van der Waals surface area (Å²) in [6.07, 6.45) is -24.4. The van der Waals surface area contributed by atoms with Crippen LogP contribution in [-0.2, 0) is 28.5 Å². The number of benzene rings is 3. The van der Waals surface area contributed by atoms with Crippen LogP contribution in [0.3, 0.4) is 0 Å². The maximum absolute atomic E-state index is 13.8. The van der Waals surface area contributed by atoms with Gasteiger partial charge >= 0.3 is 5.97 Å². The van der Waals surface area contributed by atoms with E-state index in [0.29, 0.717) is 5.56 Å². The largest absolute Gasteiger partial charge is 0.508 e. The fourth-order valence-corrected chi connectivity index (χ4v) is 7.69. The number of carbonyl (C=O) groups excluding carboxylic acids is 1. The van der Waals surface area contributed by atoms with E-state index >= 15 is 0 Å². The molecule has 3 saturated heterocycles. The third-order valence-electron chi connectivity index (χ3n) is 11.4. The second kappa shape index (κ2) is 20.2. The first-order valence-corrected chi connectivity index (χ1v) is 20.3. The van der Waals surface area contributed by atoms with Crippen molar-refractivity contribution >= 4 is 23.0 Å². The Morgan fingerprint density at radius 2 is 1.32 bits per heavy atom. The van der Waals surface area contributed by atoms with Crippen LogP contribution in [0.5, 0.6) is 28.7 Å². The van der Waals surface area contributed by atoms with E-state index in [1.807, 2.05) is 0 Å². The van der Waals surface area contributed by atoms with Gasteiger partial charge in [0.1, 0.15) is 120 Å². The van der Waals surface area contributed by atoms with Crippen LogP contribution in [0.15, 0.2) is 69.9 Å². The summed E-state index contributed by atoms with van der Waals surface area (Å²) in [5.41, 5.74) is -1.19. The first-order chi connectivity index (χ1) is 31.4. The van der Waals surface area contributed by atoms with Gasteiger partial charge in [-0.25, -0.2) is 4.79 Å². The van der Waals surface area contributed by atoms with Gasteiger partial charge in [0.25, 0.3) is 0 Å². The molecule has 0 saturated carbocycles. The summed E-state index contributed by atoms with van der Waals surface area (Å²) in [5, 5.41) is 137. The van der Waals surface area contributed by atoms with Crippen LogP contribution in [0.4, 0.5) is 0 Å². The zero-order valence-corrected chi connectivity index (χ0v) is 34.5. The highest BCUT2D eigenvalue weighted by atomic mass is 16.7. The molecule has 23 heteroatoms. The van der Waals surface area contributed by atoms with Gasteiger partial charge in [0, 0.05) is 23.8 Å². The lowest BCUT2D eigenvalue weighted by molar-refractivity contribution is -0.342. The summed E-state index contributed by atoms with van der Waals surface area (Å²) in [6.45, 7) is -2.32. The van der Waals surface area contributed by atoms with Crippen molar-refractivity contribution in [3.8, 4) is 40.1 Å². The van der Waals surface area contributed by atoms with Crippen LogP contribution in [0.1, 0.15) is 17.2 Å². The van der Waals surface area contributed by atoms with Crippen LogP contribution in [0, 0.1) is 0 Å². The van der Waals surface area contributed by atoms with Crippen molar-refractivity contribution in [1.82, 2.24) is 0 Å². The topological polar surface area (TPSA) is 375 Å². The van der Waals surface area contributed by atoms with E-state index in [2.05, 4.69) is 0 Å². The average molecular weight is 933 g/mol. The summed E-state index contributed by atoms with van der Waals surface area (Å²) in [7, 11) is 1.26. The van der Waals surface area contributed by atoms with Crippen LogP contribution in [0.2, 0.25) is 0 Å². The summed E-state index contributed by atoms with van der Waals surface area (Å²) in [4.78, 5) is 26.2. The van der Waals surface area contributed by atoms with Gasteiger partial charge in [-0.2, -0.15) is 0 Å². The molecule has 3 aliphatic rings. The highest BCUT2D eigenvalue weighted by molar-refractivity contribution is 5.88. The van der Waals surface area contributed by atoms with Crippen molar-refractivity contribution in [2.45, 2.75) is 91.9 Å². The van der Waals surface area contributed by atoms with Gasteiger partial charge in [0.2, 0.25) is 6.29 Å². The van der Waals surface area contributed by atoms with E-state index in [9.17, 15) is 76.0 Å². The van der Waals surface area contributed by atoms with Gasteiger partial charge in [-0.15, -0.1) is 0 Å². The van der Waals surface area contributed by atoms with Crippen molar-refractivity contribution in [2.24, 2.45) is 0 Å². The molecule has 1 aromatic heterocycles. The van der Waals surface area contributed by atoms with Crippen molar-refractivity contribution < 1.29 is 109 Å². The zero-order chi connectivity index (χ0) is 47.7. The molecular weight excluding hydrogens is 884 g/mol. The normalized spacial score (nSPS) is 32.6. The Morgan fingerprint density at radius 3 is 1.98 bits per heavy atom. The minimum atomic E-state index is -2.07. The SMILES string of the molecule is COc1cc(-c2cc(=O)c3c(O)c([C@@H]4O[C@@H](CO)[C@H](O)[C@@H](O)[C@H]4O[C@H]4O[C@H](COC(=O)/C=C/c5ccc(O)cc5)[C@@H](O)[C@H](O)[C@@H]4O)c(O)cc3o2)ccc1O[C@H]1O[C@@H](CO)[C@@H](O)[C@H](O)[C@H]1O. The van der Waals surface area contributed by atoms with Crippen molar-refractivity contribution in [3.05, 3.63) is 82.0 Å². The monoisotopic (exact) mass is 932 g/mol. The first-order valence-electron chi connectivity index (χ1n) is 20.3. The molecule has 3 fully saturated rings. The van der Waals surface area contributed by atoms with E-state index in [-0.39, 0.29) is 34.2 Å². The molecule has 66 heavy (non-hydrogen) atoms. The van der Waals surface area contributed by atoms with Crippen LogP contribution >= 0.6 is 0 Å². The van der Waals surface area contributed by atoms with Gasteiger partial charge in [0.05, 0.1) is 25.9 Å². The number of hydrogen-bond donors (Lipinski definition) is 13. The predicted octanol–water partition coefficient (Wildman–Crippen LogP) is -2.63. The van der Waals surface area contributed by atoms with Crippen LogP contribution < -0.4 is 14.9 Å². The van der Waals surface area contributed by atoms with Gasteiger partial charge in [-0.05, 0) is 42.0 Å². The molecular formula is C43H48O23. The maximum Gasteiger partial charge on any atom is 0.330 e. The standard InChI is InChI=1S/C43H48O23/c1-59-23-10-17(5-8-21(23)63-42-38(57)35(54)31(50)26(14-45)64-42)22-11-19(47)29-24(61-22)12-20(48)30(34(29)53)40-41(37(56)32(51)25(13-44)62-40)66-43-39(58)36(55)33(52)27(65-43)15-60-28(49)9-4-16-2-6-18(46)7-3-16/h2-12,25-27,31-33,35-46,48,50-58H,13-15H2,1H3/b9-4+/t25-,26-,27+,31+,32-,33+,35-,36-,37+,38+,39-,40-,41+,42-,43+/m0/s1. The van der Waals surface area contributed by atoms with E-state index < -0.39 is 146 Å². The van der Waals surface area contributed by atoms with Gasteiger partial charge in [-0.1, -0.05) is 12.1 Å². The second-order valence-corrected chi connectivity index (χ2v) is 15.6. The number of aliphatic hydroxyl groups excluding tert-OH is 10. The third-order valence-corrected chi connectivity index (χ3v) is 11.4. The van der Waals surface area contributed by atoms with E-state index in [0.717, 1.165) is 18.2 Å². The minimum Gasteiger partial charge on any atom is -0.508 e. The molecule has 4 aromatic rings. The number of esters is 1. The number of aromatic hydroxyl groups is 3. The molecule has 358 valence electrons. The van der Waals surface area contributed by atoms with Crippen molar-refractivity contribution in [2.75, 3.05) is 26.9 Å². The maximum atomic E-state index is 13.8. The van der Waals surface area contributed by atoms with Crippen LogP contribution in [-0.4, -0.2) is 185 Å². The molecule has 0 aliphatic carbocycles. The Bertz CT molecular complexity index is 2420. The number of hydrogen-bond acceptors (Lipinski definition) is 23. The number of rotatable bonds is 13. The zero-order valence-electron chi connectivity index (χ0n) is 34.5. The quantitative estimate of drug-likeness (QED) is 0.0482. The summed E-state index contributed by atoms with van der Waals surface area (Å²) >= 11 is 0. The van der Waals surface area contributed by atoms with E-state index in [1.54, 1.807) is 0 Å². The van der Waals surface area contributed by atoms with Gasteiger partial charge in [-0.3, -0.25) is 4.79 Å². The summed E-state index contributed by atoms with van der Waals surface area (Å²) < 4.78 is 44.9. The lowest BCUT2D eigenvalue weighted by Gasteiger charge is -2.46. The molecule has 15 atom stereocenters. The third kappa shape index (κ3) is 9.67. The fraction of sp³-hybridized carbons (Fsp3) is 0.442. The molecule has 7 rings (SSSR count). The number of methoxy groups -OCH3 is 1. The second-order valence-electron chi connectivity index (χ2n) is 15.6. The minimum absolute atomic E-state index is 0.00187. The van der Waals surface area contributed by atoms with E-state index in [1.165, 1.54) is 55.7 Å². The number of fused-ring (bicyclic) bond motifs is 1. The molecule has 0 unspecified atom stereocenters. The predicted molar refractivity (Wildman–Crippen MR) is 219 cm³/mol. The Morgan fingerprint density at radius 1 is 0.697 bits per heavy atom. The fourth-order valence-electron chi connectivity index (χ4n) is 7.69. The lowest BCUT2D eigenvalue weighted by atomic mass is 9.89. The molecule has 23 nitrogen and oxygen atoms in total. The molecule has 0 radical (unpaired) electrons. The Kier molecular flexibility index (Phi) is 14.8. The van der Waals surface area contributed by atoms with Gasteiger partial charge in [0.15, 0.2) is 23.2 Å². The summed E-state index contributed by atoms with van der Waals surface area (Å²) in [6, 6.07) is 11.8. The highest BCUT2D eigenvalue weighted by Crippen LogP contribution is 2.46. The molecule has 13 N–H and O–H groups in total. The smallest absolute Gasteiger partial charge is 0.330 e.